The molecule has 0 bridgehead atoms. The highest BCUT2D eigenvalue weighted by Crippen LogP contribution is 1.77. The molecule has 0 saturated heterocycles. The largest absolute Gasteiger partial charge is 0.316 e. The Kier molecular flexibility index (Phi) is 2.73. The molecule has 0 unspecified atom stereocenters. The van der Waals surface area contributed by atoms with E-state index in [0.29, 0.717) is 4.90 Å². The Labute approximate surface area is 62.5 Å². The zero-order valence-corrected chi connectivity index (χ0v) is 5.37. The van der Waals surface area contributed by atoms with Crippen LogP contribution in [0.2, 0.25) is 0 Å². The van der Waals surface area contributed by atoms with Gasteiger partial charge in [0.2, 0.25) is 15.7 Å². The fourth-order valence-electron chi connectivity index (χ4n) is 0.174. The van der Waals surface area contributed by atoms with E-state index in [4.69, 9.17) is 9.22 Å². The summed E-state index contributed by atoms with van der Waals surface area (Å²) in [4.78, 5) is 24.0. The molecular weight excluding hydrogens is 130 g/mol. The van der Waals surface area contributed by atoms with Crippen molar-refractivity contribution in [2.45, 2.75) is 0 Å². The van der Waals surface area contributed by atoms with Gasteiger partial charge < -0.3 is 4.90 Å². The topological polar surface area (TPSA) is 49.7 Å². The predicted molar refractivity (Wildman–Crippen MR) is 38.6 cm³/mol. The number of hydrogen-bond donors (Lipinski definition) is 0. The first kappa shape index (κ1) is 7.05. The second-order valence-corrected chi connectivity index (χ2v) is 1.45. The highest BCUT2D eigenvalue weighted by atomic mass is 16.2. The molecule has 6 heteroatoms. The number of rotatable bonds is 0. The first-order valence-electron chi connectivity index (χ1n) is 2.83. The molecule has 0 aromatic carbocycles. The summed E-state index contributed by atoms with van der Waals surface area (Å²) in [7, 11) is 10.6. The van der Waals surface area contributed by atoms with Crippen LogP contribution in [0, 0.1) is 0 Å². The summed E-state index contributed by atoms with van der Waals surface area (Å²) in [5.74, 6) is -1.91. The van der Waals surface area contributed by atoms with Crippen molar-refractivity contribution in [1.29, 1.82) is 0 Å². The minimum atomic E-state index is -1.04. The molecule has 0 aromatic rings. The molecule has 0 aliphatic heterocycles. The quantitative estimate of drug-likeness (QED) is 0.256. The van der Waals surface area contributed by atoms with Crippen LogP contribution in [-0.4, -0.2) is 45.6 Å². The highest BCUT2D eigenvalue weighted by Gasteiger charge is 1.95. The normalized spacial score (nSPS) is 12.1. The van der Waals surface area contributed by atoms with E-state index >= 15 is 0 Å². The smallest absolute Gasteiger partial charge is 0.203 e. The number of carbonyl (C=O) groups is 2. The lowest BCUT2D eigenvalue weighted by Crippen LogP contribution is -2.23. The van der Waals surface area contributed by atoms with Crippen LogP contribution in [0.1, 0.15) is 1.37 Å². The summed E-state index contributed by atoms with van der Waals surface area (Å²) < 4.78 is 6.91. The third-order valence-electron chi connectivity index (χ3n) is 0.641. The van der Waals surface area contributed by atoms with Gasteiger partial charge in [0.15, 0.2) is 11.6 Å². The Hall–Kier alpha value is -1.06. The fraction of sp³-hybridized carbons (Fsp3) is 0.250. The fourth-order valence-corrected chi connectivity index (χ4v) is 0.174. The molecule has 10 heavy (non-hydrogen) atoms. The number of hydrogen-bond acceptors (Lipinski definition) is 2. The van der Waals surface area contributed by atoms with Crippen LogP contribution >= 0.6 is 0 Å². The summed E-state index contributed by atoms with van der Waals surface area (Å²) in [6, 6.07) is 0. The molecule has 48 valence electrons. The first-order valence-corrected chi connectivity index (χ1v) is 2.33. The number of aliphatic imine (C=N–C) groups is 1. The maximum absolute atomic E-state index is 10.3. The van der Waals surface area contributed by atoms with E-state index in [1.807, 2.05) is 0 Å². The van der Waals surface area contributed by atoms with Crippen LogP contribution in [0.5, 0.6) is 0 Å². The van der Waals surface area contributed by atoms with E-state index in [-0.39, 0.29) is 0 Å². The van der Waals surface area contributed by atoms with Crippen molar-refractivity contribution in [3.8, 4) is 0 Å². The Morgan fingerprint density at radius 2 is 2.20 bits per heavy atom. The lowest BCUT2D eigenvalue weighted by atomic mass is 10.1. The Morgan fingerprint density at radius 3 is 2.50 bits per heavy atom. The van der Waals surface area contributed by atoms with Crippen molar-refractivity contribution in [3.05, 3.63) is 0 Å². The molecule has 0 N–H and O–H groups in total. The van der Waals surface area contributed by atoms with Crippen molar-refractivity contribution in [2.24, 2.45) is 4.99 Å². The Morgan fingerprint density at radius 1 is 1.70 bits per heavy atom. The summed E-state index contributed by atoms with van der Waals surface area (Å²) in [5, 5.41) is 0. The van der Waals surface area contributed by atoms with Crippen LogP contribution in [0.15, 0.2) is 4.99 Å². The molecule has 2 amide bonds. The molecule has 4 radical (unpaired) electrons. The Bertz CT molecular complexity index is 218. The van der Waals surface area contributed by atoms with Crippen molar-refractivity contribution in [2.75, 3.05) is 7.05 Å². The highest BCUT2D eigenvalue weighted by molar-refractivity contribution is 6.59. The maximum Gasteiger partial charge on any atom is 0.203 e. The van der Waals surface area contributed by atoms with Gasteiger partial charge in [0.25, 0.3) is 0 Å². The van der Waals surface area contributed by atoms with Gasteiger partial charge in [-0.05, 0) is 0 Å². The third-order valence-corrected chi connectivity index (χ3v) is 0.641. The second-order valence-electron chi connectivity index (χ2n) is 1.45. The summed E-state index contributed by atoms with van der Waals surface area (Å²) in [6.07, 6.45) is -0.579. The zero-order valence-electron chi connectivity index (χ0n) is 6.37. The van der Waals surface area contributed by atoms with Crippen LogP contribution in [0.3, 0.4) is 0 Å². The van der Waals surface area contributed by atoms with E-state index in [9.17, 15) is 9.59 Å². The van der Waals surface area contributed by atoms with Crippen molar-refractivity contribution in [3.63, 3.8) is 0 Å². The van der Waals surface area contributed by atoms with E-state index < -0.39 is 17.9 Å². The summed E-state index contributed by atoms with van der Waals surface area (Å²) in [6.45, 7) is 0. The van der Waals surface area contributed by atoms with Gasteiger partial charge in [-0.1, -0.05) is 0 Å². The number of amides is 2. The van der Waals surface area contributed by atoms with Gasteiger partial charge in [0, 0.05) is 7.05 Å². The average Bonchev–Trinajstić information content (AvgIpc) is 1.84. The minimum absolute atomic E-state index is 0.579. The molecule has 0 heterocycles. The Balaban J connectivity index is 4.35. The number of nitrogens with zero attached hydrogens (tertiary/aromatic N) is 2. The van der Waals surface area contributed by atoms with Crippen LogP contribution < -0.4 is 0 Å². The zero-order chi connectivity index (χ0) is 9.02. The van der Waals surface area contributed by atoms with E-state index in [1.54, 1.807) is 0 Å². The van der Waals surface area contributed by atoms with Gasteiger partial charge in [-0.15, -0.1) is 0 Å². The van der Waals surface area contributed by atoms with Gasteiger partial charge in [-0.25, -0.2) is 4.99 Å². The van der Waals surface area contributed by atoms with Gasteiger partial charge in [0.05, 0.1) is 6.31 Å². The number of amidine groups is 1. The summed E-state index contributed by atoms with van der Waals surface area (Å²) >= 11 is 0. The standard InChI is InChI=1S/C4H4B2N2O2/c1-8(4(6)10)2-7-3(5)9/h2H,1H3/b7-2-/i2T. The lowest BCUT2D eigenvalue weighted by molar-refractivity contribution is 0.248. The SMILES string of the molecule is [3H]/C(=N/C([B])=O)N(C)C([B])=O. The molecule has 0 saturated carbocycles. The summed E-state index contributed by atoms with van der Waals surface area (Å²) in [5.41, 5.74) is 0. The monoisotopic (exact) mass is 136 g/mol. The minimum Gasteiger partial charge on any atom is -0.316 e. The third kappa shape index (κ3) is 3.88. The lowest BCUT2D eigenvalue weighted by Gasteiger charge is -2.05. The van der Waals surface area contributed by atoms with Crippen LogP contribution in [-0.2, 0) is 0 Å². The van der Waals surface area contributed by atoms with E-state index in [0.717, 1.165) is 0 Å². The molecule has 0 spiro atoms. The van der Waals surface area contributed by atoms with Crippen molar-refractivity contribution < 1.29 is 11.0 Å². The molecule has 0 aliphatic carbocycles. The molecule has 0 aliphatic rings. The van der Waals surface area contributed by atoms with Gasteiger partial charge in [-0.3, -0.25) is 9.59 Å². The maximum atomic E-state index is 10.3. The molecule has 0 rings (SSSR count). The second kappa shape index (κ2) is 3.87. The molecule has 4 nitrogen and oxygen atoms in total. The first-order chi connectivity index (χ1) is 4.95. The van der Waals surface area contributed by atoms with Gasteiger partial charge >= 0.3 is 0 Å². The van der Waals surface area contributed by atoms with Crippen LogP contribution in [0.25, 0.3) is 0 Å². The molecule has 0 atom stereocenters. The van der Waals surface area contributed by atoms with Crippen LogP contribution in [0.4, 0.5) is 9.59 Å². The van der Waals surface area contributed by atoms with Gasteiger partial charge in [0.1, 0.15) is 1.37 Å². The molecule has 0 aromatic heterocycles. The van der Waals surface area contributed by atoms with E-state index in [2.05, 4.69) is 12.8 Å². The van der Waals surface area contributed by atoms with E-state index in [1.165, 1.54) is 7.05 Å². The van der Waals surface area contributed by atoms with Crippen molar-refractivity contribution in [1.82, 2.24) is 4.90 Å². The van der Waals surface area contributed by atoms with Gasteiger partial charge in [-0.2, -0.15) is 0 Å². The van der Waals surface area contributed by atoms with Crippen molar-refractivity contribution >= 4 is 33.6 Å². The number of carbonyl (C=O) groups excluding carboxylic acids is 2. The predicted octanol–water partition coefficient (Wildman–Crippen LogP) is -0.476. The molecular formula is C4H4B2N2O2. The average molecular weight is 136 g/mol. The molecule has 0 fully saturated rings.